The molecule has 0 bridgehead atoms. The lowest BCUT2D eigenvalue weighted by Gasteiger charge is -2.38. The number of aryl methyl sites for hydroxylation is 1. The van der Waals surface area contributed by atoms with Gasteiger partial charge in [0.25, 0.3) is 5.91 Å². The fourth-order valence-electron chi connectivity index (χ4n) is 3.51. The molecule has 2 N–H and O–H groups in total. The molecule has 1 atom stereocenters. The number of ether oxygens (including phenoxy) is 1. The average molecular weight is 339 g/mol. The Morgan fingerprint density at radius 1 is 1.32 bits per heavy atom. The van der Waals surface area contributed by atoms with Gasteiger partial charge in [0.2, 0.25) is 0 Å². The van der Waals surface area contributed by atoms with Gasteiger partial charge in [-0.15, -0.1) is 0 Å². The van der Waals surface area contributed by atoms with Gasteiger partial charge < -0.3 is 15.2 Å². The van der Waals surface area contributed by atoms with Gasteiger partial charge in [0.05, 0.1) is 24.3 Å². The Labute approximate surface area is 146 Å². The summed E-state index contributed by atoms with van der Waals surface area (Å²) >= 11 is 0. The van der Waals surface area contributed by atoms with Crippen LogP contribution < -0.4 is 10.1 Å². The minimum Gasteiger partial charge on any atom is -0.493 e. The first-order valence-corrected chi connectivity index (χ1v) is 8.63. The van der Waals surface area contributed by atoms with E-state index in [0.717, 1.165) is 17.7 Å². The summed E-state index contributed by atoms with van der Waals surface area (Å²) in [4.78, 5) is 20.8. The Hall–Kier alpha value is -2.47. The number of carbonyl (C=O) groups is 1. The van der Waals surface area contributed by atoms with E-state index in [1.54, 1.807) is 19.3 Å². The normalized spacial score (nSPS) is 22.5. The lowest BCUT2D eigenvalue weighted by Crippen LogP contribution is -2.41. The molecule has 2 aromatic rings. The van der Waals surface area contributed by atoms with Crippen molar-refractivity contribution in [1.82, 2.24) is 15.3 Å². The van der Waals surface area contributed by atoms with Crippen molar-refractivity contribution < 1.29 is 14.6 Å². The number of fused-ring (bicyclic) bond motifs is 1. The average Bonchev–Trinajstić information content (AvgIpc) is 3.05. The maximum Gasteiger partial charge on any atom is 0.254 e. The van der Waals surface area contributed by atoms with Gasteiger partial charge in [-0.25, -0.2) is 9.97 Å². The Kier molecular flexibility index (Phi) is 4.13. The first kappa shape index (κ1) is 16.0. The summed E-state index contributed by atoms with van der Waals surface area (Å²) < 4.78 is 5.57. The van der Waals surface area contributed by atoms with E-state index < -0.39 is 0 Å². The number of rotatable bonds is 4. The Morgan fingerprint density at radius 3 is 2.80 bits per heavy atom. The summed E-state index contributed by atoms with van der Waals surface area (Å²) in [5.74, 6) is 1.59. The molecule has 6 heteroatoms. The summed E-state index contributed by atoms with van der Waals surface area (Å²) in [6, 6.07) is 5.96. The van der Waals surface area contributed by atoms with Crippen molar-refractivity contribution in [3.63, 3.8) is 0 Å². The van der Waals surface area contributed by atoms with E-state index in [4.69, 9.17) is 4.74 Å². The molecular formula is C19H21N3O3. The number of amides is 1. The zero-order chi connectivity index (χ0) is 17.4. The Balaban J connectivity index is 1.58. The highest BCUT2D eigenvalue weighted by Crippen LogP contribution is 2.39. The smallest absolute Gasteiger partial charge is 0.254 e. The van der Waals surface area contributed by atoms with E-state index >= 15 is 0 Å². The highest BCUT2D eigenvalue weighted by Gasteiger charge is 2.36. The van der Waals surface area contributed by atoms with E-state index in [1.807, 2.05) is 12.1 Å². The molecular weight excluding hydrogens is 318 g/mol. The molecule has 2 heterocycles. The molecule has 1 aliphatic heterocycles. The topological polar surface area (TPSA) is 84.3 Å². The van der Waals surface area contributed by atoms with Crippen LogP contribution in [0.15, 0.2) is 30.6 Å². The largest absolute Gasteiger partial charge is 0.493 e. The molecule has 0 radical (unpaired) electrons. The molecule has 0 saturated heterocycles. The predicted molar refractivity (Wildman–Crippen MR) is 91.3 cm³/mol. The lowest BCUT2D eigenvalue weighted by molar-refractivity contribution is 0.0235. The SMILES string of the molecule is Cc1ncc(C(=O)N[C@H](c2ccc3c(c2)CCO3)C2CC(O)C2)cn1. The number of aromatic nitrogens is 2. The summed E-state index contributed by atoms with van der Waals surface area (Å²) in [5, 5.41) is 12.8. The molecule has 1 fully saturated rings. The maximum atomic E-state index is 12.6. The number of nitrogens with zero attached hydrogens (tertiary/aromatic N) is 2. The van der Waals surface area contributed by atoms with Crippen molar-refractivity contribution in [3.8, 4) is 5.75 Å². The summed E-state index contributed by atoms with van der Waals surface area (Å²) in [5.41, 5.74) is 2.68. The molecule has 25 heavy (non-hydrogen) atoms. The molecule has 1 saturated carbocycles. The van der Waals surface area contributed by atoms with Crippen molar-refractivity contribution in [2.75, 3.05) is 6.61 Å². The van der Waals surface area contributed by atoms with Gasteiger partial charge in [-0.3, -0.25) is 4.79 Å². The third-order valence-electron chi connectivity index (χ3n) is 5.02. The van der Waals surface area contributed by atoms with Crippen LogP contribution in [0.3, 0.4) is 0 Å². The molecule has 1 aliphatic carbocycles. The minimum atomic E-state index is -0.273. The summed E-state index contributed by atoms with van der Waals surface area (Å²) in [7, 11) is 0. The fraction of sp³-hybridized carbons (Fsp3) is 0.421. The van der Waals surface area contributed by atoms with Crippen molar-refractivity contribution >= 4 is 5.91 Å². The van der Waals surface area contributed by atoms with Gasteiger partial charge in [-0.1, -0.05) is 6.07 Å². The Bertz CT molecular complexity index is 785. The van der Waals surface area contributed by atoms with Gasteiger partial charge in [-0.05, 0) is 48.9 Å². The van der Waals surface area contributed by atoms with Crippen LogP contribution in [0.5, 0.6) is 5.75 Å². The zero-order valence-electron chi connectivity index (χ0n) is 14.1. The molecule has 1 aromatic carbocycles. The number of benzene rings is 1. The van der Waals surface area contributed by atoms with E-state index in [0.29, 0.717) is 30.8 Å². The van der Waals surface area contributed by atoms with Crippen molar-refractivity contribution in [1.29, 1.82) is 0 Å². The number of hydrogen-bond acceptors (Lipinski definition) is 5. The fourth-order valence-corrected chi connectivity index (χ4v) is 3.51. The number of carbonyl (C=O) groups excluding carboxylic acids is 1. The van der Waals surface area contributed by atoms with E-state index in [-0.39, 0.29) is 24.0 Å². The van der Waals surface area contributed by atoms with Crippen LogP contribution in [0.2, 0.25) is 0 Å². The third-order valence-corrected chi connectivity index (χ3v) is 5.02. The molecule has 4 rings (SSSR count). The second-order valence-corrected chi connectivity index (χ2v) is 6.82. The molecule has 2 aliphatic rings. The van der Waals surface area contributed by atoms with Gasteiger partial charge >= 0.3 is 0 Å². The van der Waals surface area contributed by atoms with E-state index in [1.165, 1.54) is 5.56 Å². The second-order valence-electron chi connectivity index (χ2n) is 6.82. The molecule has 0 spiro atoms. The number of aliphatic hydroxyl groups excluding tert-OH is 1. The standard InChI is InChI=1S/C19H21N3O3/c1-11-20-9-15(10-21-11)19(24)22-18(14-7-16(23)8-14)13-2-3-17-12(6-13)4-5-25-17/h2-3,6,9-10,14,16,18,23H,4-5,7-8H2,1H3,(H,22,24)/t14?,16?,18-/m1/s1. The van der Waals surface area contributed by atoms with Crippen molar-refractivity contribution in [2.45, 2.75) is 38.3 Å². The maximum absolute atomic E-state index is 12.6. The number of aliphatic hydroxyl groups is 1. The monoisotopic (exact) mass is 339 g/mol. The van der Waals surface area contributed by atoms with Gasteiger partial charge in [0.1, 0.15) is 11.6 Å². The van der Waals surface area contributed by atoms with Gasteiger partial charge in [-0.2, -0.15) is 0 Å². The quantitative estimate of drug-likeness (QED) is 0.889. The van der Waals surface area contributed by atoms with Crippen LogP contribution >= 0.6 is 0 Å². The number of hydrogen-bond donors (Lipinski definition) is 2. The van der Waals surface area contributed by atoms with E-state index in [2.05, 4.69) is 21.4 Å². The lowest BCUT2D eigenvalue weighted by atomic mass is 9.74. The van der Waals surface area contributed by atoms with E-state index in [9.17, 15) is 9.90 Å². The summed E-state index contributed by atoms with van der Waals surface area (Å²) in [6.07, 6.45) is 5.10. The van der Waals surface area contributed by atoms with Crippen LogP contribution in [0.25, 0.3) is 0 Å². The molecule has 0 unspecified atom stereocenters. The van der Waals surface area contributed by atoms with Crippen LogP contribution in [0.4, 0.5) is 0 Å². The van der Waals surface area contributed by atoms with Gasteiger partial charge in [0.15, 0.2) is 0 Å². The van der Waals surface area contributed by atoms with Gasteiger partial charge in [0, 0.05) is 18.8 Å². The van der Waals surface area contributed by atoms with Crippen LogP contribution in [-0.4, -0.2) is 33.7 Å². The van der Waals surface area contributed by atoms with Crippen LogP contribution in [0.1, 0.15) is 46.2 Å². The predicted octanol–water partition coefficient (Wildman–Crippen LogP) is 1.96. The number of nitrogens with one attached hydrogen (secondary N) is 1. The summed E-state index contributed by atoms with van der Waals surface area (Å²) in [6.45, 7) is 2.49. The molecule has 130 valence electrons. The van der Waals surface area contributed by atoms with Crippen molar-refractivity contribution in [3.05, 3.63) is 53.1 Å². The minimum absolute atomic E-state index is 0.136. The highest BCUT2D eigenvalue weighted by molar-refractivity contribution is 5.93. The zero-order valence-corrected chi connectivity index (χ0v) is 14.1. The molecule has 1 amide bonds. The second kappa shape index (κ2) is 6.44. The van der Waals surface area contributed by atoms with Crippen LogP contribution in [0, 0.1) is 12.8 Å². The first-order valence-electron chi connectivity index (χ1n) is 8.63. The molecule has 1 aromatic heterocycles. The highest BCUT2D eigenvalue weighted by atomic mass is 16.5. The molecule has 6 nitrogen and oxygen atoms in total. The third kappa shape index (κ3) is 3.22. The first-order chi connectivity index (χ1) is 12.1. The van der Waals surface area contributed by atoms with Crippen molar-refractivity contribution in [2.24, 2.45) is 5.92 Å². The Morgan fingerprint density at radius 2 is 2.08 bits per heavy atom. The van der Waals surface area contributed by atoms with Crippen LogP contribution in [-0.2, 0) is 6.42 Å².